The Morgan fingerprint density at radius 3 is 2.65 bits per heavy atom. The van der Waals surface area contributed by atoms with E-state index in [0.29, 0.717) is 11.4 Å². The lowest BCUT2D eigenvalue weighted by Crippen LogP contribution is -2.20. The number of nitrogens with zero attached hydrogens (tertiary/aromatic N) is 2. The minimum absolute atomic E-state index is 0.112. The number of aromatic nitrogens is 2. The normalized spacial score (nSPS) is 13.6. The highest BCUT2D eigenvalue weighted by Crippen LogP contribution is 2.27. The third-order valence-corrected chi connectivity index (χ3v) is 4.82. The van der Waals surface area contributed by atoms with Crippen LogP contribution in [0.15, 0.2) is 54.6 Å². The van der Waals surface area contributed by atoms with Gasteiger partial charge in [0.2, 0.25) is 0 Å². The molecule has 4 rings (SSSR count). The number of aromatic amines is 1. The zero-order valence-corrected chi connectivity index (χ0v) is 14.8. The first-order valence-electron chi connectivity index (χ1n) is 8.89. The van der Waals surface area contributed by atoms with Crippen molar-refractivity contribution in [2.24, 2.45) is 0 Å². The van der Waals surface area contributed by atoms with E-state index < -0.39 is 0 Å². The fourth-order valence-electron chi connectivity index (χ4n) is 3.28. The largest absolute Gasteiger partial charge is 0.307 e. The Morgan fingerprint density at radius 2 is 1.88 bits per heavy atom. The molecular weight excluding hydrogens is 324 g/mol. The fraction of sp³-hybridized carbons (Fsp3) is 0.238. The number of carbonyl (C=O) groups is 1. The van der Waals surface area contributed by atoms with Crippen LogP contribution in [0.4, 0.5) is 5.82 Å². The number of rotatable bonds is 5. The number of hydrogen-bond acceptors (Lipinski definition) is 3. The zero-order valence-electron chi connectivity index (χ0n) is 14.8. The summed E-state index contributed by atoms with van der Waals surface area (Å²) in [6, 6.07) is 18.1. The van der Waals surface area contributed by atoms with Crippen LogP contribution >= 0.6 is 0 Å². The van der Waals surface area contributed by atoms with Gasteiger partial charge in [0.05, 0.1) is 5.69 Å². The van der Waals surface area contributed by atoms with Gasteiger partial charge in [-0.2, -0.15) is 5.10 Å². The molecule has 0 bridgehead atoms. The van der Waals surface area contributed by atoms with Gasteiger partial charge in [-0.1, -0.05) is 48.0 Å². The Labute approximate surface area is 153 Å². The summed E-state index contributed by atoms with van der Waals surface area (Å²) in [7, 11) is 0. The predicted octanol–water partition coefficient (Wildman–Crippen LogP) is 3.53. The average molecular weight is 346 g/mol. The standard InChI is InChI=1S/C21H22N4O/c1-15-7-9-17(10-8-15)21(26)22-20-18-13-25(14-19(18)23-24-20)12-11-16-5-3-2-4-6-16/h2-10H,11-14H2,1H3,(H2,22,23,24,26). The maximum absolute atomic E-state index is 12.4. The first-order chi connectivity index (χ1) is 12.7. The van der Waals surface area contributed by atoms with Crippen molar-refractivity contribution < 1.29 is 4.79 Å². The lowest BCUT2D eigenvalue weighted by atomic mass is 10.1. The van der Waals surface area contributed by atoms with Gasteiger partial charge in [0.15, 0.2) is 0 Å². The number of fused-ring (bicyclic) bond motifs is 1. The minimum Gasteiger partial charge on any atom is -0.307 e. The smallest absolute Gasteiger partial charge is 0.256 e. The Balaban J connectivity index is 1.39. The molecule has 1 aromatic heterocycles. The number of amides is 1. The van der Waals surface area contributed by atoms with E-state index in [1.165, 1.54) is 5.56 Å². The van der Waals surface area contributed by atoms with Crippen LogP contribution in [0, 0.1) is 6.92 Å². The lowest BCUT2D eigenvalue weighted by molar-refractivity contribution is 0.102. The molecule has 2 aromatic carbocycles. The van der Waals surface area contributed by atoms with E-state index in [1.807, 2.05) is 37.3 Å². The molecule has 0 unspecified atom stereocenters. The van der Waals surface area contributed by atoms with Crippen LogP contribution in [0.3, 0.4) is 0 Å². The van der Waals surface area contributed by atoms with Crippen LogP contribution in [0.5, 0.6) is 0 Å². The number of anilines is 1. The number of hydrogen-bond donors (Lipinski definition) is 2. The SMILES string of the molecule is Cc1ccc(C(=O)Nc2[nH]nc3c2CN(CCc2ccccc2)C3)cc1. The molecular formula is C21H22N4O. The molecule has 5 nitrogen and oxygen atoms in total. The maximum Gasteiger partial charge on any atom is 0.256 e. The number of H-pyrrole nitrogens is 1. The van der Waals surface area contributed by atoms with E-state index in [9.17, 15) is 4.79 Å². The van der Waals surface area contributed by atoms with E-state index in [2.05, 4.69) is 44.7 Å². The van der Waals surface area contributed by atoms with E-state index in [4.69, 9.17) is 0 Å². The van der Waals surface area contributed by atoms with Crippen LogP contribution in [-0.4, -0.2) is 27.5 Å². The Morgan fingerprint density at radius 1 is 1.12 bits per heavy atom. The third-order valence-electron chi connectivity index (χ3n) is 4.82. The van der Waals surface area contributed by atoms with Gasteiger partial charge in [0.25, 0.3) is 5.91 Å². The second-order valence-corrected chi connectivity index (χ2v) is 6.79. The van der Waals surface area contributed by atoms with Crippen LogP contribution in [0.2, 0.25) is 0 Å². The Bertz CT molecular complexity index is 900. The van der Waals surface area contributed by atoms with Crippen LogP contribution < -0.4 is 5.32 Å². The van der Waals surface area contributed by atoms with Gasteiger partial charge >= 0.3 is 0 Å². The van der Waals surface area contributed by atoms with Crippen molar-refractivity contribution in [1.82, 2.24) is 15.1 Å². The van der Waals surface area contributed by atoms with Gasteiger partial charge in [0, 0.05) is 30.8 Å². The third kappa shape index (κ3) is 3.53. The van der Waals surface area contributed by atoms with Gasteiger partial charge in [-0.15, -0.1) is 0 Å². The summed E-state index contributed by atoms with van der Waals surface area (Å²) in [4.78, 5) is 14.8. The number of aryl methyl sites for hydroxylation is 1. The molecule has 5 heteroatoms. The highest BCUT2D eigenvalue weighted by Gasteiger charge is 2.25. The summed E-state index contributed by atoms with van der Waals surface area (Å²) in [6.07, 6.45) is 1.01. The van der Waals surface area contributed by atoms with Crippen LogP contribution in [0.25, 0.3) is 0 Å². The lowest BCUT2D eigenvalue weighted by Gasteiger charge is -2.15. The van der Waals surface area contributed by atoms with Crippen molar-refractivity contribution >= 4 is 11.7 Å². The summed E-state index contributed by atoms with van der Waals surface area (Å²) in [5.41, 5.74) is 5.25. The van der Waals surface area contributed by atoms with Crippen LogP contribution in [0.1, 0.15) is 32.7 Å². The van der Waals surface area contributed by atoms with Crippen molar-refractivity contribution in [2.75, 3.05) is 11.9 Å². The summed E-state index contributed by atoms with van der Waals surface area (Å²) in [5.74, 6) is 0.604. The molecule has 2 heterocycles. The quantitative estimate of drug-likeness (QED) is 0.743. The molecule has 0 aliphatic carbocycles. The molecule has 0 radical (unpaired) electrons. The molecule has 1 amide bonds. The van der Waals surface area contributed by atoms with Gasteiger partial charge in [-0.05, 0) is 31.0 Å². The summed E-state index contributed by atoms with van der Waals surface area (Å²) >= 11 is 0. The molecule has 1 aliphatic rings. The van der Waals surface area contributed by atoms with Crippen molar-refractivity contribution in [3.63, 3.8) is 0 Å². The molecule has 0 atom stereocenters. The molecule has 0 saturated heterocycles. The molecule has 1 aliphatic heterocycles. The Kier molecular flexibility index (Phi) is 4.54. The van der Waals surface area contributed by atoms with Gasteiger partial charge < -0.3 is 5.32 Å². The Hall–Kier alpha value is -2.92. The molecule has 132 valence electrons. The number of nitrogens with one attached hydrogen (secondary N) is 2. The highest BCUT2D eigenvalue weighted by atomic mass is 16.1. The van der Waals surface area contributed by atoms with Crippen LogP contribution in [-0.2, 0) is 19.5 Å². The maximum atomic E-state index is 12.4. The molecule has 2 N–H and O–H groups in total. The summed E-state index contributed by atoms with van der Waals surface area (Å²) in [5, 5.41) is 10.3. The highest BCUT2D eigenvalue weighted by molar-refractivity contribution is 6.04. The second-order valence-electron chi connectivity index (χ2n) is 6.79. The summed E-state index contributed by atoms with van der Waals surface area (Å²) in [6.45, 7) is 4.61. The van der Waals surface area contributed by atoms with Gasteiger partial charge in [-0.3, -0.25) is 14.8 Å². The topological polar surface area (TPSA) is 61.0 Å². The molecule has 0 fully saturated rings. The van der Waals surface area contributed by atoms with Crippen molar-refractivity contribution in [3.8, 4) is 0 Å². The van der Waals surface area contributed by atoms with E-state index in [1.54, 1.807) is 0 Å². The summed E-state index contributed by atoms with van der Waals surface area (Å²) < 4.78 is 0. The minimum atomic E-state index is -0.112. The predicted molar refractivity (Wildman–Crippen MR) is 102 cm³/mol. The monoisotopic (exact) mass is 346 g/mol. The molecule has 26 heavy (non-hydrogen) atoms. The molecule has 3 aromatic rings. The van der Waals surface area contributed by atoms with Crippen molar-refractivity contribution in [1.29, 1.82) is 0 Å². The van der Waals surface area contributed by atoms with E-state index in [-0.39, 0.29) is 5.91 Å². The van der Waals surface area contributed by atoms with Gasteiger partial charge in [-0.25, -0.2) is 0 Å². The van der Waals surface area contributed by atoms with Gasteiger partial charge in [0.1, 0.15) is 5.82 Å². The zero-order chi connectivity index (χ0) is 17.9. The fourth-order valence-corrected chi connectivity index (χ4v) is 3.28. The second kappa shape index (κ2) is 7.14. The first-order valence-corrected chi connectivity index (χ1v) is 8.89. The van der Waals surface area contributed by atoms with Crippen molar-refractivity contribution in [2.45, 2.75) is 26.4 Å². The first kappa shape index (κ1) is 16.5. The molecule has 0 spiro atoms. The molecule has 0 saturated carbocycles. The number of benzene rings is 2. The van der Waals surface area contributed by atoms with Crippen molar-refractivity contribution in [3.05, 3.63) is 82.5 Å². The van der Waals surface area contributed by atoms with E-state index >= 15 is 0 Å². The number of carbonyl (C=O) groups excluding carboxylic acids is 1. The van der Waals surface area contributed by atoms with E-state index in [0.717, 1.165) is 42.9 Å². The average Bonchev–Trinajstić information content (AvgIpc) is 3.23.